The molecule has 2 aromatic heterocycles. The van der Waals surface area contributed by atoms with Crippen LogP contribution in [0.3, 0.4) is 0 Å². The van der Waals surface area contributed by atoms with Crippen molar-refractivity contribution in [1.82, 2.24) is 9.55 Å². The molecule has 2 heterocycles. The normalized spacial score (nSPS) is 10.8. The minimum Gasteiger partial charge on any atom is -0.317 e. The van der Waals surface area contributed by atoms with E-state index in [0.717, 1.165) is 4.88 Å². The van der Waals surface area contributed by atoms with Crippen molar-refractivity contribution in [2.75, 3.05) is 5.32 Å². The quantitative estimate of drug-likeness (QED) is 0.791. The van der Waals surface area contributed by atoms with Crippen LogP contribution in [0.2, 0.25) is 0 Å². The second kappa shape index (κ2) is 5.14. The van der Waals surface area contributed by atoms with Crippen molar-refractivity contribution in [3.8, 4) is 0 Å². The number of fused-ring (bicyclic) bond motifs is 1. The number of nitrogens with zero attached hydrogens (tertiary/aromatic N) is 2. The molecule has 0 saturated carbocycles. The van der Waals surface area contributed by atoms with Crippen LogP contribution in [-0.2, 0) is 7.05 Å². The summed E-state index contributed by atoms with van der Waals surface area (Å²) >= 11 is 1.41. The zero-order chi connectivity index (χ0) is 15.0. The second-order valence-electron chi connectivity index (χ2n) is 4.73. The van der Waals surface area contributed by atoms with Crippen molar-refractivity contribution >= 4 is 33.1 Å². The Labute approximate surface area is 124 Å². The minimum atomic E-state index is -0.267. The summed E-state index contributed by atoms with van der Waals surface area (Å²) in [6.07, 6.45) is 3.26. The number of nitrogens with one attached hydrogen (secondary N) is 1. The van der Waals surface area contributed by atoms with E-state index in [0.29, 0.717) is 21.5 Å². The average molecular weight is 299 g/mol. The molecule has 0 atom stereocenters. The first kappa shape index (κ1) is 13.5. The van der Waals surface area contributed by atoms with Gasteiger partial charge in [-0.2, -0.15) is 0 Å². The highest BCUT2D eigenvalue weighted by atomic mass is 32.1. The highest BCUT2D eigenvalue weighted by molar-refractivity contribution is 7.15. The Bertz CT molecular complexity index is 895. The lowest BCUT2D eigenvalue weighted by Gasteiger charge is -2.08. The van der Waals surface area contributed by atoms with Crippen molar-refractivity contribution in [1.29, 1.82) is 0 Å². The molecule has 0 aliphatic rings. The Morgan fingerprint density at radius 3 is 2.67 bits per heavy atom. The maximum absolute atomic E-state index is 12.4. The summed E-state index contributed by atoms with van der Waals surface area (Å²) in [6, 6.07) is 7.10. The van der Waals surface area contributed by atoms with Gasteiger partial charge in [-0.05, 0) is 13.0 Å². The number of thiazole rings is 1. The molecule has 0 unspecified atom stereocenters. The molecule has 3 aromatic rings. The van der Waals surface area contributed by atoms with Crippen LogP contribution < -0.4 is 10.9 Å². The van der Waals surface area contributed by atoms with E-state index in [2.05, 4.69) is 10.3 Å². The van der Waals surface area contributed by atoms with Gasteiger partial charge in [0.05, 0.1) is 5.56 Å². The zero-order valence-corrected chi connectivity index (χ0v) is 12.4. The average Bonchev–Trinajstić information content (AvgIpc) is 2.88. The van der Waals surface area contributed by atoms with Crippen molar-refractivity contribution < 1.29 is 4.79 Å². The topological polar surface area (TPSA) is 64.0 Å². The Morgan fingerprint density at radius 1 is 1.29 bits per heavy atom. The summed E-state index contributed by atoms with van der Waals surface area (Å²) in [5, 5.41) is 4.50. The number of carbonyl (C=O) groups excluding carboxylic acids is 1. The first-order valence-corrected chi connectivity index (χ1v) is 7.20. The monoisotopic (exact) mass is 299 g/mol. The Hall–Kier alpha value is -2.47. The summed E-state index contributed by atoms with van der Waals surface area (Å²) in [5.74, 6) is -0.267. The second-order valence-corrected chi connectivity index (χ2v) is 5.97. The van der Waals surface area contributed by atoms with Crippen molar-refractivity contribution in [2.24, 2.45) is 7.05 Å². The highest BCUT2D eigenvalue weighted by Gasteiger charge is 2.14. The maximum atomic E-state index is 12.4. The fourth-order valence-corrected chi connectivity index (χ4v) is 2.83. The van der Waals surface area contributed by atoms with E-state index in [-0.39, 0.29) is 11.5 Å². The summed E-state index contributed by atoms with van der Waals surface area (Å²) in [7, 11) is 1.64. The van der Waals surface area contributed by atoms with Crippen LogP contribution in [0.4, 0.5) is 5.13 Å². The minimum absolute atomic E-state index is 0.118. The predicted molar refractivity (Wildman–Crippen MR) is 84.0 cm³/mol. The molecule has 3 rings (SSSR count). The number of anilines is 1. The van der Waals surface area contributed by atoms with Crippen molar-refractivity contribution in [3.63, 3.8) is 0 Å². The summed E-state index contributed by atoms with van der Waals surface area (Å²) in [5.41, 5.74) is 0.341. The van der Waals surface area contributed by atoms with Gasteiger partial charge in [0.25, 0.3) is 11.5 Å². The van der Waals surface area contributed by atoms with Crippen LogP contribution in [0.1, 0.15) is 15.2 Å². The predicted octanol–water partition coefficient (Wildman–Crippen LogP) is 2.56. The molecule has 106 valence electrons. The van der Waals surface area contributed by atoms with E-state index in [1.54, 1.807) is 37.6 Å². The fourth-order valence-electron chi connectivity index (χ4n) is 2.17. The number of hydrogen-bond donors (Lipinski definition) is 1. The van der Waals surface area contributed by atoms with Gasteiger partial charge in [0.15, 0.2) is 5.13 Å². The Kier molecular flexibility index (Phi) is 3.31. The number of aromatic nitrogens is 2. The van der Waals surface area contributed by atoms with Gasteiger partial charge < -0.3 is 4.57 Å². The molecule has 0 spiro atoms. The lowest BCUT2D eigenvalue weighted by Crippen LogP contribution is -2.21. The molecule has 5 nitrogen and oxygen atoms in total. The van der Waals surface area contributed by atoms with Crippen LogP contribution in [0.25, 0.3) is 10.8 Å². The van der Waals surface area contributed by atoms with E-state index in [1.807, 2.05) is 13.0 Å². The number of aryl methyl sites for hydroxylation is 2. The smallest absolute Gasteiger partial charge is 0.259 e. The summed E-state index contributed by atoms with van der Waals surface area (Å²) < 4.78 is 1.42. The Balaban J connectivity index is 2.09. The summed E-state index contributed by atoms with van der Waals surface area (Å²) in [6.45, 7) is 1.93. The number of amides is 1. The van der Waals surface area contributed by atoms with Gasteiger partial charge in [-0.25, -0.2) is 4.98 Å². The van der Waals surface area contributed by atoms with Crippen LogP contribution in [0.5, 0.6) is 0 Å². The third kappa shape index (κ3) is 2.45. The number of pyridine rings is 1. The van der Waals surface area contributed by atoms with E-state index in [9.17, 15) is 9.59 Å². The molecule has 0 saturated heterocycles. The molecule has 0 fully saturated rings. The van der Waals surface area contributed by atoms with Gasteiger partial charge in [0, 0.05) is 35.1 Å². The highest BCUT2D eigenvalue weighted by Crippen LogP contribution is 2.20. The largest absolute Gasteiger partial charge is 0.317 e. The van der Waals surface area contributed by atoms with Crippen LogP contribution in [0, 0.1) is 6.92 Å². The van der Waals surface area contributed by atoms with E-state index in [1.165, 1.54) is 15.9 Å². The molecule has 1 amide bonds. The van der Waals surface area contributed by atoms with Crippen LogP contribution in [0.15, 0.2) is 41.5 Å². The van der Waals surface area contributed by atoms with Crippen LogP contribution in [-0.4, -0.2) is 15.5 Å². The number of benzene rings is 1. The van der Waals surface area contributed by atoms with Crippen molar-refractivity contribution in [3.05, 3.63) is 57.5 Å². The third-order valence-electron chi connectivity index (χ3n) is 3.18. The zero-order valence-electron chi connectivity index (χ0n) is 11.6. The van der Waals surface area contributed by atoms with E-state index in [4.69, 9.17) is 0 Å². The molecular weight excluding hydrogens is 286 g/mol. The summed E-state index contributed by atoms with van der Waals surface area (Å²) in [4.78, 5) is 29.7. The van der Waals surface area contributed by atoms with E-state index >= 15 is 0 Å². The van der Waals surface area contributed by atoms with Gasteiger partial charge >= 0.3 is 0 Å². The van der Waals surface area contributed by atoms with Gasteiger partial charge in [-0.3, -0.25) is 14.9 Å². The third-order valence-corrected chi connectivity index (χ3v) is 4.01. The van der Waals surface area contributed by atoms with Gasteiger partial charge in [0.2, 0.25) is 0 Å². The maximum Gasteiger partial charge on any atom is 0.259 e. The molecule has 21 heavy (non-hydrogen) atoms. The molecule has 1 N–H and O–H groups in total. The molecule has 0 radical (unpaired) electrons. The lowest BCUT2D eigenvalue weighted by molar-refractivity contribution is 0.102. The molecule has 0 bridgehead atoms. The first-order chi connectivity index (χ1) is 10.1. The number of hydrogen-bond acceptors (Lipinski definition) is 4. The van der Waals surface area contributed by atoms with E-state index < -0.39 is 0 Å². The molecule has 0 aliphatic carbocycles. The van der Waals surface area contributed by atoms with Crippen molar-refractivity contribution in [2.45, 2.75) is 6.92 Å². The lowest BCUT2D eigenvalue weighted by atomic mass is 10.1. The SMILES string of the molecule is Cc1cnc(NC(=O)c2cn(C)c(=O)c3ccccc23)s1. The van der Waals surface area contributed by atoms with Crippen LogP contribution >= 0.6 is 11.3 Å². The Morgan fingerprint density at radius 2 is 2.00 bits per heavy atom. The first-order valence-electron chi connectivity index (χ1n) is 6.38. The number of carbonyl (C=O) groups is 1. The van der Waals surface area contributed by atoms with Gasteiger partial charge in [-0.15, -0.1) is 11.3 Å². The van der Waals surface area contributed by atoms with Gasteiger partial charge in [-0.1, -0.05) is 18.2 Å². The molecule has 1 aromatic carbocycles. The number of rotatable bonds is 2. The molecule has 6 heteroatoms. The van der Waals surface area contributed by atoms with Gasteiger partial charge in [0.1, 0.15) is 0 Å². The fraction of sp³-hybridized carbons (Fsp3) is 0.133. The molecule has 0 aliphatic heterocycles. The molecular formula is C15H13N3O2S. The standard InChI is InChI=1S/C15H13N3O2S/c1-9-7-16-15(21-9)17-13(19)12-8-18(2)14(20)11-6-4-3-5-10(11)12/h3-8H,1-2H3,(H,16,17,19).